The van der Waals surface area contributed by atoms with Gasteiger partial charge in [0.2, 0.25) is 5.95 Å². The van der Waals surface area contributed by atoms with Gasteiger partial charge in [0.25, 0.3) is 5.56 Å². The molecule has 1 saturated carbocycles. The molecule has 0 unspecified atom stereocenters. The molecule has 26 heavy (non-hydrogen) atoms. The first-order valence-corrected chi connectivity index (χ1v) is 8.50. The average Bonchev–Trinajstić information content (AvgIpc) is 2.89. The van der Waals surface area contributed by atoms with Gasteiger partial charge in [-0.25, -0.2) is 9.78 Å². The predicted molar refractivity (Wildman–Crippen MR) is 97.1 cm³/mol. The van der Waals surface area contributed by atoms with Crippen LogP contribution in [0.2, 0.25) is 0 Å². The lowest BCUT2D eigenvalue weighted by Gasteiger charge is -2.28. The molecule has 2 N–H and O–H groups in total. The van der Waals surface area contributed by atoms with Crippen molar-refractivity contribution in [2.75, 3.05) is 5.32 Å². The highest BCUT2D eigenvalue weighted by Crippen LogP contribution is 2.32. The molecule has 0 radical (unpaired) electrons. The fourth-order valence-corrected chi connectivity index (χ4v) is 3.31. The number of nitrogens with zero attached hydrogens (tertiary/aromatic N) is 4. The second kappa shape index (κ2) is 5.98. The van der Waals surface area contributed by atoms with E-state index in [0.29, 0.717) is 17.3 Å². The zero-order valence-electron chi connectivity index (χ0n) is 14.6. The summed E-state index contributed by atoms with van der Waals surface area (Å²) in [5.41, 5.74) is 2.07. The first-order chi connectivity index (χ1) is 12.4. The van der Waals surface area contributed by atoms with Gasteiger partial charge < -0.3 is 15.0 Å². The Morgan fingerprint density at radius 1 is 1.31 bits per heavy atom. The topological polar surface area (TPSA) is 102 Å². The number of rotatable bonds is 4. The fraction of sp³-hybridized carbons (Fsp3) is 0.333. The zero-order chi connectivity index (χ0) is 18.4. The van der Waals surface area contributed by atoms with Crippen LogP contribution in [0.25, 0.3) is 11.0 Å². The lowest BCUT2D eigenvalue weighted by molar-refractivity contribution is 0.0686. The number of aromatic nitrogens is 4. The van der Waals surface area contributed by atoms with Gasteiger partial charge in [0.05, 0.1) is 11.4 Å². The molecular formula is C18H19N5O3. The maximum atomic E-state index is 12.4. The van der Waals surface area contributed by atoms with Gasteiger partial charge in [-0.15, -0.1) is 0 Å². The molecule has 0 aliphatic heterocycles. The van der Waals surface area contributed by atoms with Crippen LogP contribution in [-0.2, 0) is 7.05 Å². The van der Waals surface area contributed by atoms with Crippen LogP contribution in [0, 0.1) is 6.92 Å². The monoisotopic (exact) mass is 353 g/mol. The molecule has 3 aromatic heterocycles. The lowest BCUT2D eigenvalue weighted by atomic mass is 9.92. The van der Waals surface area contributed by atoms with Crippen molar-refractivity contribution in [2.24, 2.45) is 7.05 Å². The van der Waals surface area contributed by atoms with Gasteiger partial charge in [0.15, 0.2) is 0 Å². The Kier molecular flexibility index (Phi) is 3.75. The van der Waals surface area contributed by atoms with Gasteiger partial charge in [-0.1, -0.05) is 0 Å². The van der Waals surface area contributed by atoms with Crippen molar-refractivity contribution in [3.63, 3.8) is 0 Å². The van der Waals surface area contributed by atoms with Gasteiger partial charge in [-0.2, -0.15) is 4.98 Å². The van der Waals surface area contributed by atoms with Crippen LogP contribution < -0.4 is 10.9 Å². The smallest absolute Gasteiger partial charge is 0.352 e. The SMILES string of the molecule is Cc1nc(Nc2cc(C(=O)O)n(C)c2)nc2c1ccc(=O)n2C1CCC1. The van der Waals surface area contributed by atoms with Crippen LogP contribution in [0.4, 0.5) is 11.6 Å². The quantitative estimate of drug-likeness (QED) is 0.747. The van der Waals surface area contributed by atoms with Crippen molar-refractivity contribution in [3.05, 3.63) is 46.1 Å². The Morgan fingerprint density at radius 2 is 2.08 bits per heavy atom. The van der Waals surface area contributed by atoms with Gasteiger partial charge >= 0.3 is 5.97 Å². The van der Waals surface area contributed by atoms with E-state index in [2.05, 4.69) is 15.3 Å². The highest BCUT2D eigenvalue weighted by atomic mass is 16.4. The molecule has 0 saturated heterocycles. The van der Waals surface area contributed by atoms with Gasteiger partial charge in [-0.3, -0.25) is 9.36 Å². The van der Waals surface area contributed by atoms with E-state index >= 15 is 0 Å². The lowest BCUT2D eigenvalue weighted by Crippen LogP contribution is -2.29. The van der Waals surface area contributed by atoms with Crippen LogP contribution in [0.5, 0.6) is 0 Å². The van der Waals surface area contributed by atoms with E-state index in [9.17, 15) is 14.7 Å². The summed E-state index contributed by atoms with van der Waals surface area (Å²) in [6, 6.07) is 5.04. The Morgan fingerprint density at radius 3 is 2.69 bits per heavy atom. The van der Waals surface area contributed by atoms with E-state index in [1.807, 2.05) is 6.92 Å². The molecule has 0 atom stereocenters. The van der Waals surface area contributed by atoms with Gasteiger partial charge in [-0.05, 0) is 38.3 Å². The Bertz CT molecular complexity index is 1080. The molecule has 0 spiro atoms. The summed E-state index contributed by atoms with van der Waals surface area (Å²) in [7, 11) is 1.66. The molecule has 3 aromatic rings. The summed E-state index contributed by atoms with van der Waals surface area (Å²) >= 11 is 0. The molecular weight excluding hydrogens is 334 g/mol. The number of carbonyl (C=O) groups is 1. The Hall–Kier alpha value is -3.16. The normalized spacial score (nSPS) is 14.4. The average molecular weight is 353 g/mol. The molecule has 1 aliphatic rings. The van der Waals surface area contributed by atoms with E-state index in [1.54, 1.807) is 29.9 Å². The van der Waals surface area contributed by atoms with E-state index in [0.717, 1.165) is 30.3 Å². The molecule has 134 valence electrons. The third-order valence-electron chi connectivity index (χ3n) is 4.89. The number of anilines is 2. The van der Waals surface area contributed by atoms with E-state index in [-0.39, 0.29) is 17.3 Å². The van der Waals surface area contributed by atoms with E-state index < -0.39 is 5.97 Å². The van der Waals surface area contributed by atoms with Crippen molar-refractivity contribution >= 4 is 28.6 Å². The number of hydrogen-bond donors (Lipinski definition) is 2. The summed E-state index contributed by atoms with van der Waals surface area (Å²) in [6.07, 6.45) is 4.73. The number of hydrogen-bond acceptors (Lipinski definition) is 5. The highest BCUT2D eigenvalue weighted by molar-refractivity contribution is 5.87. The number of aryl methyl sites for hydroxylation is 2. The third-order valence-corrected chi connectivity index (χ3v) is 4.89. The Labute approximate surface area is 149 Å². The first kappa shape index (κ1) is 16.3. The maximum Gasteiger partial charge on any atom is 0.352 e. The van der Waals surface area contributed by atoms with E-state index in [4.69, 9.17) is 0 Å². The van der Waals surface area contributed by atoms with Crippen LogP contribution in [0.15, 0.2) is 29.2 Å². The molecule has 1 fully saturated rings. The van der Waals surface area contributed by atoms with Crippen LogP contribution in [0.1, 0.15) is 41.5 Å². The highest BCUT2D eigenvalue weighted by Gasteiger charge is 2.23. The van der Waals surface area contributed by atoms with Crippen LogP contribution in [-0.4, -0.2) is 30.2 Å². The summed E-state index contributed by atoms with van der Waals surface area (Å²) < 4.78 is 3.27. The molecule has 4 rings (SSSR count). The first-order valence-electron chi connectivity index (χ1n) is 8.50. The van der Waals surface area contributed by atoms with Crippen molar-refractivity contribution in [1.29, 1.82) is 0 Å². The number of fused-ring (bicyclic) bond motifs is 1. The molecule has 8 nitrogen and oxygen atoms in total. The third kappa shape index (κ3) is 2.63. The number of aromatic carboxylic acids is 1. The number of nitrogens with one attached hydrogen (secondary N) is 1. The predicted octanol–water partition coefficient (Wildman–Crippen LogP) is 2.61. The molecule has 0 amide bonds. The van der Waals surface area contributed by atoms with Crippen molar-refractivity contribution in [1.82, 2.24) is 19.1 Å². The molecule has 3 heterocycles. The molecule has 8 heteroatoms. The van der Waals surface area contributed by atoms with Crippen molar-refractivity contribution in [3.8, 4) is 0 Å². The summed E-state index contributed by atoms with van der Waals surface area (Å²) in [6.45, 7) is 1.87. The maximum absolute atomic E-state index is 12.4. The summed E-state index contributed by atoms with van der Waals surface area (Å²) in [5.74, 6) is -0.661. The number of pyridine rings is 1. The fourth-order valence-electron chi connectivity index (χ4n) is 3.31. The zero-order valence-corrected chi connectivity index (χ0v) is 14.6. The Balaban J connectivity index is 1.80. The van der Waals surface area contributed by atoms with E-state index in [1.165, 1.54) is 10.6 Å². The largest absolute Gasteiger partial charge is 0.477 e. The number of carboxylic acids is 1. The minimum absolute atomic E-state index is 0.0564. The molecule has 0 bridgehead atoms. The summed E-state index contributed by atoms with van der Waals surface area (Å²) in [4.78, 5) is 32.6. The second-order valence-electron chi connectivity index (χ2n) is 6.65. The second-order valence-corrected chi connectivity index (χ2v) is 6.65. The van der Waals surface area contributed by atoms with Crippen LogP contribution >= 0.6 is 0 Å². The minimum Gasteiger partial charge on any atom is -0.477 e. The summed E-state index contributed by atoms with van der Waals surface area (Å²) in [5, 5.41) is 13.1. The van der Waals surface area contributed by atoms with Crippen molar-refractivity contribution in [2.45, 2.75) is 32.2 Å². The number of carboxylic acid groups (broad SMARTS) is 1. The van der Waals surface area contributed by atoms with Gasteiger partial charge in [0.1, 0.15) is 11.3 Å². The molecule has 0 aromatic carbocycles. The standard InChI is InChI=1S/C18H19N5O3/c1-10-13-6-7-15(24)23(12-4-3-5-12)16(13)21-18(19-10)20-11-8-14(17(25)26)22(2)9-11/h6-9,12H,3-5H2,1-2H3,(H,25,26)(H,19,20,21). The van der Waals surface area contributed by atoms with Gasteiger partial charge in [0, 0.05) is 30.7 Å². The van der Waals surface area contributed by atoms with Crippen LogP contribution in [0.3, 0.4) is 0 Å². The minimum atomic E-state index is -1.00. The molecule has 1 aliphatic carbocycles. The van der Waals surface area contributed by atoms with Crippen molar-refractivity contribution < 1.29 is 9.90 Å².